The van der Waals surface area contributed by atoms with Crippen molar-refractivity contribution >= 4 is 15.9 Å². The zero-order valence-corrected chi connectivity index (χ0v) is 11.1. The summed E-state index contributed by atoms with van der Waals surface area (Å²) in [6.45, 7) is 2.27. The van der Waals surface area contributed by atoms with E-state index in [-0.39, 0.29) is 0 Å². The maximum Gasteiger partial charge on any atom is 0.141 e. The molecular weight excluding hydrogens is 268 g/mol. The summed E-state index contributed by atoms with van der Waals surface area (Å²) in [7, 11) is 1.70. The summed E-state index contributed by atoms with van der Waals surface area (Å²) in [6, 6.07) is 0. The number of pyridine rings is 1. The van der Waals surface area contributed by atoms with Gasteiger partial charge in [-0.3, -0.25) is 4.98 Å². The Morgan fingerprint density at radius 3 is 2.88 bits per heavy atom. The summed E-state index contributed by atoms with van der Waals surface area (Å²) < 4.78 is 6.42. The topological polar surface area (TPSA) is 34.1 Å². The number of aromatic nitrogens is 1. The highest BCUT2D eigenvalue weighted by atomic mass is 79.9. The summed E-state index contributed by atoms with van der Waals surface area (Å²) in [5, 5.41) is 3.39. The average Bonchev–Trinajstić information content (AvgIpc) is 2.33. The van der Waals surface area contributed by atoms with Crippen molar-refractivity contribution < 1.29 is 4.74 Å². The van der Waals surface area contributed by atoms with E-state index in [4.69, 9.17) is 4.74 Å². The third-order valence-corrected chi connectivity index (χ3v) is 3.82. The number of hydrogen-bond acceptors (Lipinski definition) is 3. The summed E-state index contributed by atoms with van der Waals surface area (Å²) in [4.78, 5) is 4.12. The molecule has 0 saturated carbocycles. The number of nitrogens with one attached hydrogen (secondary N) is 1. The normalized spacial score (nSPS) is 17.4. The van der Waals surface area contributed by atoms with Crippen molar-refractivity contribution in [2.45, 2.75) is 19.3 Å². The van der Waals surface area contributed by atoms with E-state index in [1.165, 1.54) is 18.4 Å². The molecule has 1 aliphatic rings. The Labute approximate surface area is 105 Å². The van der Waals surface area contributed by atoms with E-state index in [0.29, 0.717) is 0 Å². The van der Waals surface area contributed by atoms with E-state index in [2.05, 4.69) is 26.2 Å². The smallest absolute Gasteiger partial charge is 0.141 e. The molecule has 0 spiro atoms. The molecule has 1 fully saturated rings. The highest BCUT2D eigenvalue weighted by Crippen LogP contribution is 2.30. The van der Waals surface area contributed by atoms with Crippen molar-refractivity contribution in [1.82, 2.24) is 10.3 Å². The van der Waals surface area contributed by atoms with Crippen LogP contribution in [0.3, 0.4) is 0 Å². The molecule has 0 amide bonds. The van der Waals surface area contributed by atoms with Crippen LogP contribution in [-0.2, 0) is 6.42 Å². The third kappa shape index (κ3) is 2.74. The molecule has 2 heterocycles. The lowest BCUT2D eigenvalue weighted by atomic mass is 9.91. The zero-order valence-electron chi connectivity index (χ0n) is 9.50. The highest BCUT2D eigenvalue weighted by Gasteiger charge is 2.17. The average molecular weight is 285 g/mol. The van der Waals surface area contributed by atoms with Crippen molar-refractivity contribution in [2.75, 3.05) is 20.2 Å². The van der Waals surface area contributed by atoms with E-state index in [1.807, 2.05) is 6.20 Å². The second-order valence-corrected chi connectivity index (χ2v) is 5.05. The molecule has 16 heavy (non-hydrogen) atoms. The SMILES string of the molecule is COc1cncc(Br)c1CC1CCNCC1. The molecule has 2 rings (SSSR count). The molecule has 1 saturated heterocycles. The zero-order chi connectivity index (χ0) is 11.4. The Morgan fingerprint density at radius 2 is 2.19 bits per heavy atom. The van der Waals surface area contributed by atoms with Gasteiger partial charge in [0.1, 0.15) is 5.75 Å². The third-order valence-electron chi connectivity index (χ3n) is 3.14. The molecule has 1 aliphatic heterocycles. The first-order valence-electron chi connectivity index (χ1n) is 5.68. The van der Waals surface area contributed by atoms with Gasteiger partial charge in [0, 0.05) is 16.2 Å². The van der Waals surface area contributed by atoms with Crippen LogP contribution < -0.4 is 10.1 Å². The van der Waals surface area contributed by atoms with Crippen LogP contribution in [0.5, 0.6) is 5.75 Å². The Morgan fingerprint density at radius 1 is 1.44 bits per heavy atom. The van der Waals surface area contributed by atoms with Crippen molar-refractivity contribution in [3.63, 3.8) is 0 Å². The second kappa shape index (κ2) is 5.64. The summed E-state index contributed by atoms with van der Waals surface area (Å²) in [5.74, 6) is 1.65. The van der Waals surface area contributed by atoms with Gasteiger partial charge in [-0.05, 0) is 54.2 Å². The molecule has 0 aliphatic carbocycles. The minimum atomic E-state index is 0.758. The quantitative estimate of drug-likeness (QED) is 0.926. The predicted octanol–water partition coefficient (Wildman–Crippen LogP) is 2.39. The maximum absolute atomic E-state index is 5.36. The molecule has 0 unspecified atom stereocenters. The van der Waals surface area contributed by atoms with Crippen molar-refractivity contribution in [2.24, 2.45) is 5.92 Å². The Bertz CT molecular complexity index is 351. The summed E-state index contributed by atoms with van der Waals surface area (Å²) >= 11 is 3.56. The molecule has 1 aromatic heterocycles. The molecule has 1 aromatic rings. The van der Waals surface area contributed by atoms with Gasteiger partial charge in [-0.2, -0.15) is 0 Å². The number of rotatable bonds is 3. The molecule has 0 radical (unpaired) electrons. The standard InChI is InChI=1S/C12H17BrN2O/c1-16-12-8-15-7-11(13)10(12)6-9-2-4-14-5-3-9/h7-9,14H,2-6H2,1H3. The lowest BCUT2D eigenvalue weighted by Gasteiger charge is -2.23. The van der Waals surface area contributed by atoms with Gasteiger partial charge in [0.2, 0.25) is 0 Å². The number of ether oxygens (including phenoxy) is 1. The van der Waals surface area contributed by atoms with Gasteiger partial charge < -0.3 is 10.1 Å². The van der Waals surface area contributed by atoms with E-state index in [1.54, 1.807) is 13.3 Å². The molecule has 0 bridgehead atoms. The lowest BCUT2D eigenvalue weighted by Crippen LogP contribution is -2.28. The van der Waals surface area contributed by atoms with Crippen LogP contribution in [0.15, 0.2) is 16.9 Å². The minimum absolute atomic E-state index is 0.758. The molecule has 3 nitrogen and oxygen atoms in total. The van der Waals surface area contributed by atoms with Crippen molar-refractivity contribution in [1.29, 1.82) is 0 Å². The fraction of sp³-hybridized carbons (Fsp3) is 0.583. The molecule has 0 aromatic carbocycles. The fourth-order valence-electron chi connectivity index (χ4n) is 2.19. The molecule has 88 valence electrons. The van der Waals surface area contributed by atoms with Gasteiger partial charge >= 0.3 is 0 Å². The minimum Gasteiger partial charge on any atom is -0.495 e. The van der Waals surface area contributed by atoms with E-state index < -0.39 is 0 Å². The van der Waals surface area contributed by atoms with Gasteiger partial charge in [0.25, 0.3) is 0 Å². The fourth-order valence-corrected chi connectivity index (χ4v) is 2.67. The molecule has 0 atom stereocenters. The highest BCUT2D eigenvalue weighted by molar-refractivity contribution is 9.10. The van der Waals surface area contributed by atoms with Crippen LogP contribution in [0.25, 0.3) is 0 Å². The molecule has 4 heteroatoms. The first-order chi connectivity index (χ1) is 7.81. The summed E-state index contributed by atoms with van der Waals surface area (Å²) in [5.41, 5.74) is 1.25. The van der Waals surface area contributed by atoms with Crippen LogP contribution in [-0.4, -0.2) is 25.2 Å². The lowest BCUT2D eigenvalue weighted by molar-refractivity contribution is 0.360. The van der Waals surface area contributed by atoms with Gasteiger partial charge in [-0.15, -0.1) is 0 Å². The van der Waals surface area contributed by atoms with Gasteiger partial charge in [0.05, 0.1) is 13.3 Å². The Kier molecular flexibility index (Phi) is 4.18. The monoisotopic (exact) mass is 284 g/mol. The number of nitrogens with zero attached hydrogens (tertiary/aromatic N) is 1. The number of halogens is 1. The van der Waals surface area contributed by atoms with Crippen molar-refractivity contribution in [3.05, 3.63) is 22.4 Å². The predicted molar refractivity (Wildman–Crippen MR) is 67.8 cm³/mol. The van der Waals surface area contributed by atoms with Gasteiger partial charge in [0.15, 0.2) is 0 Å². The van der Waals surface area contributed by atoms with Crippen LogP contribution in [0.1, 0.15) is 18.4 Å². The number of piperidine rings is 1. The largest absolute Gasteiger partial charge is 0.495 e. The van der Waals surface area contributed by atoms with Gasteiger partial charge in [-0.25, -0.2) is 0 Å². The van der Waals surface area contributed by atoms with E-state index >= 15 is 0 Å². The van der Waals surface area contributed by atoms with Crippen LogP contribution in [0.4, 0.5) is 0 Å². The van der Waals surface area contributed by atoms with Crippen molar-refractivity contribution in [3.8, 4) is 5.75 Å². The number of methoxy groups -OCH3 is 1. The molecule has 1 N–H and O–H groups in total. The molecular formula is C12H17BrN2O. The Balaban J connectivity index is 2.12. The second-order valence-electron chi connectivity index (χ2n) is 4.20. The van der Waals surface area contributed by atoms with E-state index in [9.17, 15) is 0 Å². The first kappa shape index (κ1) is 11.9. The van der Waals surface area contributed by atoms with Crippen LogP contribution in [0, 0.1) is 5.92 Å². The first-order valence-corrected chi connectivity index (χ1v) is 6.47. The Hall–Kier alpha value is -0.610. The number of hydrogen-bond donors (Lipinski definition) is 1. The van der Waals surface area contributed by atoms with Crippen LogP contribution in [0.2, 0.25) is 0 Å². The van der Waals surface area contributed by atoms with Gasteiger partial charge in [-0.1, -0.05) is 0 Å². The summed E-state index contributed by atoms with van der Waals surface area (Å²) in [6.07, 6.45) is 7.21. The van der Waals surface area contributed by atoms with E-state index in [0.717, 1.165) is 35.7 Å². The maximum atomic E-state index is 5.36. The van der Waals surface area contributed by atoms with Crippen LogP contribution >= 0.6 is 15.9 Å².